The largest absolute Gasteiger partial charge is 0.480 e. The highest BCUT2D eigenvalue weighted by atomic mass is 35.5. The molecule has 1 unspecified atom stereocenters. The van der Waals surface area contributed by atoms with Gasteiger partial charge in [-0.3, -0.25) is 4.79 Å². The number of carboxylic acids is 1. The fourth-order valence-corrected chi connectivity index (χ4v) is 1.68. The van der Waals surface area contributed by atoms with Crippen LogP contribution in [0.25, 0.3) is 0 Å². The van der Waals surface area contributed by atoms with Crippen LogP contribution in [0.1, 0.15) is 32.6 Å². The Hall–Kier alpha value is -0.0300. The molecule has 3 N–H and O–H groups in total. The normalized spacial score (nSPS) is 20.1. The highest BCUT2D eigenvalue weighted by Gasteiger charge is 2.28. The molecule has 1 aliphatic rings. The van der Waals surface area contributed by atoms with Gasteiger partial charge in [-0.1, -0.05) is 6.42 Å². The SMILES string of the molecule is CC(N)(CCN1CCCCC1)C(=O)O.Cl.Cl. The van der Waals surface area contributed by atoms with E-state index in [1.54, 1.807) is 6.92 Å². The summed E-state index contributed by atoms with van der Waals surface area (Å²) in [5.41, 5.74) is 4.58. The van der Waals surface area contributed by atoms with Crippen molar-refractivity contribution >= 4 is 30.8 Å². The quantitative estimate of drug-likeness (QED) is 0.814. The molecule has 0 spiro atoms. The molecule has 0 aromatic carbocycles. The lowest BCUT2D eigenvalue weighted by atomic mass is 9.99. The average Bonchev–Trinajstić information content (AvgIpc) is 2.16. The third kappa shape index (κ3) is 5.89. The van der Waals surface area contributed by atoms with Crippen LogP contribution < -0.4 is 5.73 Å². The van der Waals surface area contributed by atoms with Crippen LogP contribution in [-0.2, 0) is 4.79 Å². The zero-order chi connectivity index (χ0) is 10.6. The summed E-state index contributed by atoms with van der Waals surface area (Å²) in [6.07, 6.45) is 4.29. The number of aliphatic carboxylic acids is 1. The lowest BCUT2D eigenvalue weighted by Crippen LogP contribution is -2.47. The summed E-state index contributed by atoms with van der Waals surface area (Å²) in [7, 11) is 0. The van der Waals surface area contributed by atoms with Crippen molar-refractivity contribution in [3.8, 4) is 0 Å². The first-order valence-corrected chi connectivity index (χ1v) is 5.27. The van der Waals surface area contributed by atoms with Crippen LogP contribution in [0.4, 0.5) is 0 Å². The van der Waals surface area contributed by atoms with Gasteiger partial charge in [-0.2, -0.15) is 0 Å². The minimum absolute atomic E-state index is 0. The Morgan fingerprint density at radius 1 is 1.31 bits per heavy atom. The molecule has 0 bridgehead atoms. The number of nitrogens with two attached hydrogens (primary N) is 1. The molecule has 0 aliphatic carbocycles. The van der Waals surface area contributed by atoms with Gasteiger partial charge in [-0.25, -0.2) is 0 Å². The average molecular weight is 273 g/mol. The molecule has 0 aromatic rings. The molecule has 1 heterocycles. The lowest BCUT2D eigenvalue weighted by molar-refractivity contribution is -0.143. The standard InChI is InChI=1S/C10H20N2O2.2ClH/c1-10(11,9(13)14)5-8-12-6-3-2-4-7-12;;/h2-8,11H2,1H3,(H,13,14);2*1H. The van der Waals surface area contributed by atoms with E-state index in [2.05, 4.69) is 4.90 Å². The molecule has 98 valence electrons. The maximum atomic E-state index is 10.8. The molecule has 1 atom stereocenters. The maximum absolute atomic E-state index is 10.8. The molecule has 1 fully saturated rings. The second-order valence-electron chi connectivity index (χ2n) is 4.37. The molecule has 1 aliphatic heterocycles. The van der Waals surface area contributed by atoms with Gasteiger partial charge in [0, 0.05) is 6.54 Å². The molecule has 1 saturated heterocycles. The van der Waals surface area contributed by atoms with E-state index in [0.29, 0.717) is 6.42 Å². The first-order valence-electron chi connectivity index (χ1n) is 5.27. The smallest absolute Gasteiger partial charge is 0.323 e. The van der Waals surface area contributed by atoms with Gasteiger partial charge in [0.25, 0.3) is 0 Å². The van der Waals surface area contributed by atoms with Crippen molar-refractivity contribution in [2.75, 3.05) is 19.6 Å². The maximum Gasteiger partial charge on any atom is 0.323 e. The molecular formula is C10H22Cl2N2O2. The number of nitrogens with zero attached hydrogens (tertiary/aromatic N) is 1. The number of hydrogen-bond donors (Lipinski definition) is 2. The second kappa shape index (κ2) is 8.12. The Balaban J connectivity index is 0. The monoisotopic (exact) mass is 272 g/mol. The minimum Gasteiger partial charge on any atom is -0.480 e. The highest BCUT2D eigenvalue weighted by molar-refractivity contribution is 5.85. The fraction of sp³-hybridized carbons (Fsp3) is 0.900. The Morgan fingerprint density at radius 2 is 1.81 bits per heavy atom. The second-order valence-corrected chi connectivity index (χ2v) is 4.37. The van der Waals surface area contributed by atoms with Crippen molar-refractivity contribution in [3.63, 3.8) is 0 Å². The van der Waals surface area contributed by atoms with Crippen molar-refractivity contribution in [2.24, 2.45) is 5.73 Å². The molecule has 0 aromatic heterocycles. The summed E-state index contributed by atoms with van der Waals surface area (Å²) in [6.45, 7) is 4.57. The Morgan fingerprint density at radius 3 is 2.25 bits per heavy atom. The van der Waals surface area contributed by atoms with Crippen LogP contribution >= 0.6 is 24.8 Å². The Kier molecular flexibility index (Phi) is 9.30. The topological polar surface area (TPSA) is 66.6 Å². The molecule has 4 nitrogen and oxygen atoms in total. The van der Waals surface area contributed by atoms with Crippen LogP contribution in [0, 0.1) is 0 Å². The number of halogens is 2. The molecule has 6 heteroatoms. The van der Waals surface area contributed by atoms with Gasteiger partial charge < -0.3 is 15.7 Å². The summed E-state index contributed by atoms with van der Waals surface area (Å²) in [4.78, 5) is 13.1. The first-order chi connectivity index (χ1) is 6.52. The molecule has 0 saturated carbocycles. The van der Waals surface area contributed by atoms with E-state index in [9.17, 15) is 4.79 Å². The van der Waals surface area contributed by atoms with Gasteiger partial charge in [0.2, 0.25) is 0 Å². The molecule has 0 amide bonds. The van der Waals surface area contributed by atoms with Gasteiger partial charge in [0.05, 0.1) is 0 Å². The van der Waals surface area contributed by atoms with Gasteiger partial charge in [-0.15, -0.1) is 24.8 Å². The molecular weight excluding hydrogens is 251 g/mol. The van der Waals surface area contributed by atoms with Crippen molar-refractivity contribution in [1.82, 2.24) is 4.90 Å². The summed E-state index contributed by atoms with van der Waals surface area (Å²) >= 11 is 0. The van der Waals surface area contributed by atoms with Gasteiger partial charge in [-0.05, 0) is 39.3 Å². The van der Waals surface area contributed by atoms with Crippen LogP contribution in [-0.4, -0.2) is 41.1 Å². The van der Waals surface area contributed by atoms with E-state index in [1.165, 1.54) is 19.3 Å². The van der Waals surface area contributed by atoms with E-state index in [1.807, 2.05) is 0 Å². The Bertz CT molecular complexity index is 207. The predicted molar refractivity (Wildman–Crippen MR) is 69.6 cm³/mol. The van der Waals surface area contributed by atoms with Crippen LogP contribution in [0.3, 0.4) is 0 Å². The van der Waals surface area contributed by atoms with Crippen molar-refractivity contribution in [3.05, 3.63) is 0 Å². The molecule has 1 rings (SSSR count). The molecule has 16 heavy (non-hydrogen) atoms. The lowest BCUT2D eigenvalue weighted by Gasteiger charge is -2.29. The fourth-order valence-electron chi connectivity index (χ4n) is 1.68. The summed E-state index contributed by atoms with van der Waals surface area (Å²) in [5, 5.41) is 8.83. The van der Waals surface area contributed by atoms with Gasteiger partial charge in [0.1, 0.15) is 5.54 Å². The third-order valence-corrected chi connectivity index (χ3v) is 2.88. The minimum atomic E-state index is -1.07. The number of carbonyl (C=O) groups is 1. The zero-order valence-corrected chi connectivity index (χ0v) is 11.3. The third-order valence-electron chi connectivity index (χ3n) is 2.88. The molecule has 0 radical (unpaired) electrons. The van der Waals surface area contributed by atoms with Gasteiger partial charge in [0.15, 0.2) is 0 Å². The summed E-state index contributed by atoms with van der Waals surface area (Å²) < 4.78 is 0. The van der Waals surface area contributed by atoms with Crippen molar-refractivity contribution < 1.29 is 9.90 Å². The van der Waals surface area contributed by atoms with E-state index in [-0.39, 0.29) is 24.8 Å². The van der Waals surface area contributed by atoms with E-state index in [4.69, 9.17) is 10.8 Å². The van der Waals surface area contributed by atoms with Crippen LogP contribution in [0.2, 0.25) is 0 Å². The summed E-state index contributed by atoms with van der Waals surface area (Å²) in [6, 6.07) is 0. The van der Waals surface area contributed by atoms with E-state index >= 15 is 0 Å². The first kappa shape index (κ1) is 18.3. The van der Waals surface area contributed by atoms with Gasteiger partial charge >= 0.3 is 5.97 Å². The van der Waals surface area contributed by atoms with E-state index < -0.39 is 11.5 Å². The van der Waals surface area contributed by atoms with E-state index in [0.717, 1.165) is 19.6 Å². The number of rotatable bonds is 4. The number of carboxylic acid groups (broad SMARTS) is 1. The number of likely N-dealkylation sites (tertiary alicyclic amines) is 1. The predicted octanol–water partition coefficient (Wildman–Crippen LogP) is 1.51. The summed E-state index contributed by atoms with van der Waals surface area (Å²) in [5.74, 6) is -0.908. The highest BCUT2D eigenvalue weighted by Crippen LogP contribution is 2.12. The number of piperidine rings is 1. The van der Waals surface area contributed by atoms with Crippen molar-refractivity contribution in [1.29, 1.82) is 0 Å². The Labute approximate surface area is 109 Å². The van der Waals surface area contributed by atoms with Crippen molar-refractivity contribution in [2.45, 2.75) is 38.1 Å². The van der Waals surface area contributed by atoms with Crippen LogP contribution in [0.5, 0.6) is 0 Å². The number of hydrogen-bond acceptors (Lipinski definition) is 3. The van der Waals surface area contributed by atoms with Crippen LogP contribution in [0.15, 0.2) is 0 Å². The zero-order valence-electron chi connectivity index (χ0n) is 9.65.